The van der Waals surface area contributed by atoms with Crippen molar-refractivity contribution in [1.29, 1.82) is 0 Å². The summed E-state index contributed by atoms with van der Waals surface area (Å²) in [6.07, 6.45) is 0. The number of aromatic hydroxyl groups is 4. The molecule has 8 N–H and O–H groups in total. The number of rotatable bonds is 12. The quantitative estimate of drug-likeness (QED) is 0.0724. The van der Waals surface area contributed by atoms with Gasteiger partial charge in [-0.1, -0.05) is 36.4 Å². The van der Waals surface area contributed by atoms with Crippen LogP contribution in [0.2, 0.25) is 0 Å². The second-order valence-electron chi connectivity index (χ2n) is 16.6. The maximum absolute atomic E-state index is 13.3. The van der Waals surface area contributed by atoms with Gasteiger partial charge in [0, 0.05) is 81.9 Å². The van der Waals surface area contributed by atoms with Crippen molar-refractivity contribution in [2.45, 2.75) is 24.3 Å². The van der Waals surface area contributed by atoms with Gasteiger partial charge < -0.3 is 59.8 Å². The van der Waals surface area contributed by atoms with Crippen molar-refractivity contribution in [3.05, 3.63) is 165 Å². The number of esters is 2. The van der Waals surface area contributed by atoms with Crippen molar-refractivity contribution in [3.8, 4) is 46.0 Å². The number of benzene rings is 6. The molecule has 0 aromatic heterocycles. The summed E-state index contributed by atoms with van der Waals surface area (Å²) in [5.74, 6) is -6.21. The smallest absolute Gasteiger partial charge is 0.340 e. The number of carbonyl (C=O) groups excluding carboxylic acids is 2. The lowest BCUT2D eigenvalue weighted by molar-refractivity contribution is -0.144. The van der Waals surface area contributed by atoms with Crippen molar-refractivity contribution in [1.82, 2.24) is 9.80 Å². The minimum absolute atomic E-state index is 0.0156. The average molecular weight is 955 g/mol. The van der Waals surface area contributed by atoms with Gasteiger partial charge in [-0.25, -0.2) is 9.59 Å². The van der Waals surface area contributed by atoms with Gasteiger partial charge in [-0.05, 0) is 48.5 Å². The zero-order valence-corrected chi connectivity index (χ0v) is 36.2. The number of ether oxygens (including phenoxy) is 4. The van der Waals surface area contributed by atoms with Gasteiger partial charge in [-0.2, -0.15) is 0 Å². The van der Waals surface area contributed by atoms with E-state index in [1.165, 1.54) is 54.6 Å². The monoisotopic (exact) mass is 954 g/mol. The first-order valence-corrected chi connectivity index (χ1v) is 21.1. The van der Waals surface area contributed by atoms with Crippen molar-refractivity contribution < 1.29 is 88.6 Å². The van der Waals surface area contributed by atoms with Crippen molar-refractivity contribution in [3.63, 3.8) is 0 Å². The number of phenols is 4. The highest BCUT2D eigenvalue weighted by atomic mass is 16.6. The van der Waals surface area contributed by atoms with Gasteiger partial charge in [-0.15, -0.1) is 0 Å². The number of carboxylic acids is 4. The average Bonchev–Trinajstić information content (AvgIpc) is 3.74. The molecule has 70 heavy (non-hydrogen) atoms. The number of carbonyl (C=O) groups is 6. The lowest BCUT2D eigenvalue weighted by Crippen LogP contribution is -2.36. The minimum Gasteiger partial charge on any atom is -0.508 e. The van der Waals surface area contributed by atoms with Crippen LogP contribution in [0.25, 0.3) is 0 Å². The number of phenolic OH excluding ortho intramolecular Hbond substituents is 4. The number of aliphatic carboxylic acids is 4. The molecule has 4 aliphatic heterocycles. The molecular weight excluding hydrogens is 917 g/mol. The summed E-state index contributed by atoms with van der Waals surface area (Å²) < 4.78 is 23.9. The Morgan fingerprint density at radius 3 is 1.14 bits per heavy atom. The molecular formula is C50H38N2O18. The van der Waals surface area contributed by atoms with E-state index in [4.69, 9.17) is 18.9 Å². The van der Waals surface area contributed by atoms with Gasteiger partial charge in [-0.3, -0.25) is 29.0 Å². The fourth-order valence-corrected chi connectivity index (χ4v) is 9.32. The molecule has 0 saturated carbocycles. The Labute approximate surface area is 394 Å². The molecule has 4 heterocycles. The van der Waals surface area contributed by atoms with Crippen molar-refractivity contribution in [2.75, 3.05) is 26.2 Å². The molecule has 0 fully saturated rings. The van der Waals surface area contributed by atoms with Crippen LogP contribution in [0.1, 0.15) is 65.2 Å². The molecule has 2 spiro atoms. The van der Waals surface area contributed by atoms with Crippen molar-refractivity contribution in [2.24, 2.45) is 0 Å². The first-order valence-electron chi connectivity index (χ1n) is 21.1. The Kier molecular flexibility index (Phi) is 11.5. The van der Waals surface area contributed by atoms with E-state index < -0.39 is 73.2 Å². The predicted molar refractivity (Wildman–Crippen MR) is 237 cm³/mol. The van der Waals surface area contributed by atoms with Crippen LogP contribution in [0.3, 0.4) is 0 Å². The predicted octanol–water partition coefficient (Wildman–Crippen LogP) is 5.27. The fraction of sp³-hybridized carbons (Fsp3) is 0.160. The van der Waals surface area contributed by atoms with E-state index in [2.05, 4.69) is 0 Å². The van der Waals surface area contributed by atoms with Crippen LogP contribution < -0.4 is 9.47 Å². The molecule has 0 amide bonds. The highest BCUT2D eigenvalue weighted by molar-refractivity contribution is 5.98. The molecule has 0 radical (unpaired) electrons. The van der Waals surface area contributed by atoms with Gasteiger partial charge in [0.2, 0.25) is 0 Å². The van der Waals surface area contributed by atoms with Crippen LogP contribution in [0, 0.1) is 0 Å². The summed E-state index contributed by atoms with van der Waals surface area (Å²) in [4.78, 5) is 73.6. The Bertz CT molecular complexity index is 3040. The lowest BCUT2D eigenvalue weighted by Gasteiger charge is -2.37. The summed E-state index contributed by atoms with van der Waals surface area (Å²) in [6.45, 7) is -3.27. The second kappa shape index (κ2) is 17.5. The molecule has 20 heteroatoms. The first kappa shape index (κ1) is 46.0. The molecule has 10 rings (SSSR count). The summed E-state index contributed by atoms with van der Waals surface area (Å²) in [6, 6.07) is 28.3. The highest BCUT2D eigenvalue weighted by Gasteiger charge is 2.55. The molecule has 0 bridgehead atoms. The Balaban J connectivity index is 0.000000203. The van der Waals surface area contributed by atoms with Crippen LogP contribution in [-0.2, 0) is 52.9 Å². The maximum Gasteiger partial charge on any atom is 0.340 e. The van der Waals surface area contributed by atoms with E-state index in [-0.39, 0.29) is 75.4 Å². The topological polar surface area (TPSA) is 308 Å². The van der Waals surface area contributed by atoms with E-state index in [1.807, 2.05) is 12.1 Å². The Hall–Kier alpha value is -9.14. The molecule has 0 unspecified atom stereocenters. The van der Waals surface area contributed by atoms with Crippen LogP contribution >= 0.6 is 0 Å². The van der Waals surface area contributed by atoms with Crippen LogP contribution in [0.15, 0.2) is 109 Å². The largest absolute Gasteiger partial charge is 0.508 e. The third kappa shape index (κ3) is 8.01. The van der Waals surface area contributed by atoms with Crippen LogP contribution in [0.4, 0.5) is 0 Å². The molecule has 0 atom stereocenters. The third-order valence-electron chi connectivity index (χ3n) is 12.0. The standard InChI is InChI=1S/C30H26N2O13.C20H12O5/c33-21-7-23-19(5-15(21)9-31(11-25(35)36)12-26(37)38)30(18-4-2-1-3-17(18)29(43)45-30)20-6-16(22(34)8-24(20)44-23)10-32(13-27(39)40)14-28(41)42;21-11-5-7-15-17(9-11)24-18-10-12(22)6-8-16(18)20(15)14-4-2-1-3-13(14)19(23)25-20/h1-8,33-34H,9-14H2,(H,35,36)(H,37,38)(H,39,40)(H,41,42);1-10,21-22H. The van der Waals surface area contributed by atoms with Crippen molar-refractivity contribution >= 4 is 35.8 Å². The lowest BCUT2D eigenvalue weighted by atomic mass is 9.76. The Morgan fingerprint density at radius 1 is 0.429 bits per heavy atom. The zero-order chi connectivity index (χ0) is 49.8. The maximum atomic E-state index is 13.3. The van der Waals surface area contributed by atoms with Crippen LogP contribution in [-0.4, -0.2) is 113 Å². The van der Waals surface area contributed by atoms with Gasteiger partial charge >= 0.3 is 35.8 Å². The molecule has 0 saturated heterocycles. The molecule has 0 aliphatic carbocycles. The minimum atomic E-state index is -1.75. The van der Waals surface area contributed by atoms with Gasteiger partial charge in [0.05, 0.1) is 37.3 Å². The first-order chi connectivity index (χ1) is 33.4. The summed E-state index contributed by atoms with van der Waals surface area (Å²) in [5.41, 5.74) is 0.648. The molecule has 20 nitrogen and oxygen atoms in total. The van der Waals surface area contributed by atoms with Gasteiger partial charge in [0.1, 0.15) is 46.0 Å². The van der Waals surface area contributed by atoms with E-state index in [0.29, 0.717) is 39.3 Å². The number of carboxylic acid groups (broad SMARTS) is 4. The van der Waals surface area contributed by atoms with Gasteiger partial charge in [0.15, 0.2) is 11.2 Å². The van der Waals surface area contributed by atoms with E-state index >= 15 is 0 Å². The number of fused-ring (bicyclic) bond motifs is 12. The number of nitrogens with zero attached hydrogens (tertiary/aromatic N) is 2. The molecule has 356 valence electrons. The second-order valence-corrected chi connectivity index (χ2v) is 16.6. The number of hydrogen-bond donors (Lipinski definition) is 8. The van der Waals surface area contributed by atoms with Crippen LogP contribution in [0.5, 0.6) is 46.0 Å². The summed E-state index contributed by atoms with van der Waals surface area (Å²) >= 11 is 0. The van der Waals surface area contributed by atoms with E-state index in [9.17, 15) is 69.6 Å². The third-order valence-corrected chi connectivity index (χ3v) is 12.0. The normalized spacial score (nSPS) is 14.6. The summed E-state index contributed by atoms with van der Waals surface area (Å²) in [5, 5.41) is 78.6. The Morgan fingerprint density at radius 2 is 0.771 bits per heavy atom. The highest BCUT2D eigenvalue weighted by Crippen LogP contribution is 2.59. The van der Waals surface area contributed by atoms with E-state index in [0.717, 1.165) is 9.80 Å². The van der Waals surface area contributed by atoms with Gasteiger partial charge in [0.25, 0.3) is 0 Å². The van der Waals surface area contributed by atoms with E-state index in [1.54, 1.807) is 42.5 Å². The summed E-state index contributed by atoms with van der Waals surface area (Å²) in [7, 11) is 0. The molecule has 4 aliphatic rings. The number of hydrogen-bond acceptors (Lipinski definition) is 16. The SMILES string of the molecule is O=C(O)CN(CC(=O)O)Cc1cc2c(cc1O)Oc1cc(O)c(CN(CC(=O)O)CC(=O)O)cc1C21OC(=O)c2ccccc21.O=C1OC2(c3ccc(O)cc3Oc3cc(O)ccc32)c2ccccc21. The zero-order valence-electron chi connectivity index (χ0n) is 36.2. The fourth-order valence-electron chi connectivity index (χ4n) is 9.32. The molecule has 6 aromatic rings. The molecule has 6 aromatic carbocycles.